The van der Waals surface area contributed by atoms with Crippen molar-refractivity contribution in [2.45, 2.75) is 6.92 Å². The van der Waals surface area contributed by atoms with E-state index in [1.807, 2.05) is 31.2 Å². The minimum atomic E-state index is -0.306. The molecule has 140 valence electrons. The maximum Gasteiger partial charge on any atom is 0.224 e. The predicted molar refractivity (Wildman–Crippen MR) is 103 cm³/mol. The van der Waals surface area contributed by atoms with Crippen molar-refractivity contribution in [1.82, 2.24) is 9.97 Å². The van der Waals surface area contributed by atoms with Crippen LogP contribution >= 0.6 is 0 Å². The molecule has 0 atom stereocenters. The third kappa shape index (κ3) is 5.57. The molecule has 0 aliphatic rings. The fraction of sp³-hybridized carbons (Fsp3) is 0.200. The Hall–Kier alpha value is -3.35. The van der Waals surface area contributed by atoms with E-state index in [0.29, 0.717) is 30.6 Å². The fourth-order valence-electron chi connectivity index (χ4n) is 2.43. The lowest BCUT2D eigenvalue weighted by molar-refractivity contribution is 0.331. The lowest BCUT2D eigenvalue weighted by Gasteiger charge is -2.11. The molecular weight excluding hydrogens is 347 g/mol. The van der Waals surface area contributed by atoms with Crippen LogP contribution in [-0.2, 0) is 0 Å². The van der Waals surface area contributed by atoms with Crippen molar-refractivity contribution >= 4 is 17.5 Å². The molecule has 6 nitrogen and oxygen atoms in total. The maximum atomic E-state index is 13.3. The molecule has 0 saturated carbocycles. The van der Waals surface area contributed by atoms with Crippen molar-refractivity contribution in [2.24, 2.45) is 0 Å². The van der Waals surface area contributed by atoms with E-state index in [0.717, 1.165) is 17.2 Å². The Labute approximate surface area is 157 Å². The minimum absolute atomic E-state index is 0.306. The summed E-state index contributed by atoms with van der Waals surface area (Å²) in [6.45, 7) is 2.86. The summed E-state index contributed by atoms with van der Waals surface area (Å²) in [7, 11) is 1.62. The third-order valence-corrected chi connectivity index (χ3v) is 3.66. The van der Waals surface area contributed by atoms with Gasteiger partial charge in [-0.25, -0.2) is 9.37 Å². The molecule has 2 aromatic carbocycles. The topological polar surface area (TPSA) is 68.3 Å². The minimum Gasteiger partial charge on any atom is -0.497 e. The van der Waals surface area contributed by atoms with Crippen LogP contribution in [0.2, 0.25) is 0 Å². The molecule has 0 saturated heterocycles. The number of aryl methyl sites for hydroxylation is 1. The fourth-order valence-corrected chi connectivity index (χ4v) is 2.43. The molecule has 27 heavy (non-hydrogen) atoms. The van der Waals surface area contributed by atoms with E-state index < -0.39 is 0 Å². The van der Waals surface area contributed by atoms with Gasteiger partial charge in [-0.1, -0.05) is 6.07 Å². The van der Waals surface area contributed by atoms with Crippen molar-refractivity contribution < 1.29 is 13.9 Å². The Balaban J connectivity index is 1.54. The number of ether oxygens (including phenoxy) is 2. The van der Waals surface area contributed by atoms with E-state index in [1.165, 1.54) is 12.1 Å². The lowest BCUT2D eigenvalue weighted by atomic mass is 10.3. The Kier molecular flexibility index (Phi) is 6.04. The summed E-state index contributed by atoms with van der Waals surface area (Å²) in [6.07, 6.45) is 0. The zero-order valence-electron chi connectivity index (χ0n) is 15.2. The molecule has 0 bridgehead atoms. The Morgan fingerprint density at radius 3 is 2.52 bits per heavy atom. The molecule has 0 unspecified atom stereocenters. The average Bonchev–Trinajstić information content (AvgIpc) is 2.65. The first kappa shape index (κ1) is 18.4. The van der Waals surface area contributed by atoms with Crippen molar-refractivity contribution in [3.8, 4) is 11.5 Å². The highest BCUT2D eigenvalue weighted by molar-refractivity contribution is 5.57. The van der Waals surface area contributed by atoms with Gasteiger partial charge in [-0.3, -0.25) is 0 Å². The quantitative estimate of drug-likeness (QED) is 0.582. The first-order chi connectivity index (χ1) is 13.1. The first-order valence-corrected chi connectivity index (χ1v) is 8.51. The summed E-state index contributed by atoms with van der Waals surface area (Å²) >= 11 is 0. The van der Waals surface area contributed by atoms with E-state index in [4.69, 9.17) is 9.47 Å². The number of hydrogen-bond acceptors (Lipinski definition) is 6. The number of anilines is 3. The molecule has 0 radical (unpaired) electrons. The summed E-state index contributed by atoms with van der Waals surface area (Å²) in [5.41, 5.74) is 1.42. The van der Waals surface area contributed by atoms with Crippen LogP contribution in [0.15, 0.2) is 54.6 Å². The van der Waals surface area contributed by atoms with E-state index >= 15 is 0 Å². The number of halogens is 1. The van der Waals surface area contributed by atoms with Gasteiger partial charge < -0.3 is 20.1 Å². The number of benzene rings is 2. The number of aromatic nitrogens is 2. The van der Waals surface area contributed by atoms with E-state index in [-0.39, 0.29) is 5.82 Å². The van der Waals surface area contributed by atoms with Crippen molar-refractivity contribution in [2.75, 3.05) is 30.9 Å². The zero-order chi connectivity index (χ0) is 19.1. The molecule has 0 aliphatic carbocycles. The molecule has 0 amide bonds. The zero-order valence-corrected chi connectivity index (χ0v) is 15.2. The van der Waals surface area contributed by atoms with Gasteiger partial charge in [0, 0.05) is 17.4 Å². The Bertz CT molecular complexity index is 887. The predicted octanol–water partition coefficient (Wildman–Crippen LogP) is 4.17. The molecule has 3 aromatic rings. The van der Waals surface area contributed by atoms with E-state index in [2.05, 4.69) is 20.6 Å². The monoisotopic (exact) mass is 368 g/mol. The molecule has 3 rings (SSSR count). The van der Waals surface area contributed by atoms with Gasteiger partial charge in [-0.15, -0.1) is 0 Å². The number of methoxy groups -OCH3 is 1. The van der Waals surface area contributed by atoms with Crippen LogP contribution in [-0.4, -0.2) is 30.2 Å². The molecule has 0 aliphatic heterocycles. The van der Waals surface area contributed by atoms with Crippen molar-refractivity contribution in [1.29, 1.82) is 0 Å². The number of nitrogens with zero attached hydrogens (tertiary/aromatic N) is 2. The number of hydrogen-bond donors (Lipinski definition) is 2. The highest BCUT2D eigenvalue weighted by Gasteiger charge is 2.04. The normalized spacial score (nSPS) is 10.3. The van der Waals surface area contributed by atoms with Gasteiger partial charge in [0.2, 0.25) is 5.95 Å². The van der Waals surface area contributed by atoms with E-state index in [1.54, 1.807) is 25.3 Å². The standard InChI is InChI=1S/C20H21FN4O2/c1-14-12-19(24-16-5-3-4-15(21)13-16)25-20(23-14)22-10-11-27-18-8-6-17(26-2)7-9-18/h3-9,12-13H,10-11H2,1-2H3,(H2,22,23,24,25). The molecule has 0 fully saturated rings. The lowest BCUT2D eigenvalue weighted by Crippen LogP contribution is -2.14. The highest BCUT2D eigenvalue weighted by Crippen LogP contribution is 2.18. The van der Waals surface area contributed by atoms with Crippen LogP contribution in [0.25, 0.3) is 0 Å². The average molecular weight is 368 g/mol. The van der Waals surface area contributed by atoms with Crippen LogP contribution in [0.4, 0.5) is 21.8 Å². The van der Waals surface area contributed by atoms with Crippen LogP contribution in [0.5, 0.6) is 11.5 Å². The van der Waals surface area contributed by atoms with E-state index in [9.17, 15) is 4.39 Å². The second kappa shape index (κ2) is 8.84. The summed E-state index contributed by atoms with van der Waals surface area (Å²) in [4.78, 5) is 8.75. The second-order valence-electron chi connectivity index (χ2n) is 5.80. The molecular formula is C20H21FN4O2. The van der Waals surface area contributed by atoms with Gasteiger partial charge in [-0.05, 0) is 49.4 Å². The maximum absolute atomic E-state index is 13.3. The number of nitrogens with one attached hydrogen (secondary N) is 2. The smallest absolute Gasteiger partial charge is 0.224 e. The van der Waals surface area contributed by atoms with Gasteiger partial charge in [0.15, 0.2) is 0 Å². The van der Waals surface area contributed by atoms with Gasteiger partial charge in [0.1, 0.15) is 29.7 Å². The molecule has 0 spiro atoms. The van der Waals surface area contributed by atoms with Gasteiger partial charge >= 0.3 is 0 Å². The highest BCUT2D eigenvalue weighted by atomic mass is 19.1. The van der Waals surface area contributed by atoms with Crippen molar-refractivity contribution in [3.05, 3.63) is 66.1 Å². The Morgan fingerprint density at radius 1 is 1.00 bits per heavy atom. The van der Waals surface area contributed by atoms with Gasteiger partial charge in [0.05, 0.1) is 13.7 Å². The van der Waals surface area contributed by atoms with Crippen LogP contribution in [0.3, 0.4) is 0 Å². The third-order valence-electron chi connectivity index (χ3n) is 3.66. The van der Waals surface area contributed by atoms with Crippen LogP contribution in [0, 0.1) is 12.7 Å². The summed E-state index contributed by atoms with van der Waals surface area (Å²) < 4.78 is 24.1. The van der Waals surface area contributed by atoms with Gasteiger partial charge in [0.25, 0.3) is 0 Å². The summed E-state index contributed by atoms with van der Waals surface area (Å²) in [6, 6.07) is 15.4. The SMILES string of the molecule is COc1ccc(OCCNc2nc(C)cc(Nc3cccc(F)c3)n2)cc1. The summed E-state index contributed by atoms with van der Waals surface area (Å²) in [5.74, 6) is 2.31. The largest absolute Gasteiger partial charge is 0.497 e. The van der Waals surface area contributed by atoms with Gasteiger partial charge in [-0.2, -0.15) is 4.98 Å². The molecule has 7 heteroatoms. The first-order valence-electron chi connectivity index (χ1n) is 8.51. The van der Waals surface area contributed by atoms with Crippen molar-refractivity contribution in [3.63, 3.8) is 0 Å². The molecule has 1 heterocycles. The number of rotatable bonds is 8. The van der Waals surface area contributed by atoms with Crippen LogP contribution in [0.1, 0.15) is 5.69 Å². The Morgan fingerprint density at radius 2 is 1.78 bits per heavy atom. The second-order valence-corrected chi connectivity index (χ2v) is 5.80. The van der Waals surface area contributed by atoms with Crippen LogP contribution < -0.4 is 20.1 Å². The molecule has 1 aromatic heterocycles. The summed E-state index contributed by atoms with van der Waals surface area (Å²) in [5, 5.41) is 6.21. The molecule has 2 N–H and O–H groups in total.